The second-order valence-electron chi connectivity index (χ2n) is 4.82. The maximum absolute atomic E-state index is 5.62. The van der Waals surface area contributed by atoms with Gasteiger partial charge in [-0.3, -0.25) is 0 Å². The van der Waals surface area contributed by atoms with Gasteiger partial charge in [0.15, 0.2) is 0 Å². The van der Waals surface area contributed by atoms with Crippen LogP contribution in [0, 0.1) is 0 Å². The maximum atomic E-state index is 5.62. The lowest BCUT2D eigenvalue weighted by Crippen LogP contribution is -2.32. The first-order valence-corrected chi connectivity index (χ1v) is 6.58. The molecule has 0 aliphatic rings. The zero-order valence-corrected chi connectivity index (χ0v) is 12.2. The summed E-state index contributed by atoms with van der Waals surface area (Å²) in [6.07, 6.45) is 1.05. The number of nitrogens with one attached hydrogen (secondary N) is 1. The van der Waals surface area contributed by atoms with E-state index in [1.165, 1.54) is 0 Å². The van der Waals surface area contributed by atoms with E-state index in [0.29, 0.717) is 12.1 Å². The predicted octanol–water partition coefficient (Wildman–Crippen LogP) is 1.36. The third-order valence-electron chi connectivity index (χ3n) is 2.96. The van der Waals surface area contributed by atoms with Crippen LogP contribution in [0.25, 0.3) is 0 Å². The zero-order valence-electron chi connectivity index (χ0n) is 12.2. The molecule has 0 rings (SSSR count). The standard InChI is InChI=1S/C13H30N2O2/c1-12(2)15(4)8-11-17-9-6-13(3)14-7-10-16-5/h12-14H,6-11H2,1-5H3. The highest BCUT2D eigenvalue weighted by molar-refractivity contribution is 4.60. The minimum atomic E-state index is 0.493. The molecule has 0 aromatic carbocycles. The lowest BCUT2D eigenvalue weighted by molar-refractivity contribution is 0.0963. The number of likely N-dealkylation sites (N-methyl/N-ethyl adjacent to an activating group) is 1. The quantitative estimate of drug-likeness (QED) is 0.558. The molecule has 0 aromatic rings. The van der Waals surface area contributed by atoms with E-state index in [0.717, 1.165) is 39.3 Å². The van der Waals surface area contributed by atoms with Crippen LogP contribution >= 0.6 is 0 Å². The Labute approximate surface area is 107 Å². The Balaban J connectivity index is 3.27. The molecule has 4 nitrogen and oxygen atoms in total. The summed E-state index contributed by atoms with van der Waals surface area (Å²) in [5.74, 6) is 0. The van der Waals surface area contributed by atoms with Crippen LogP contribution in [0.3, 0.4) is 0 Å². The van der Waals surface area contributed by atoms with E-state index >= 15 is 0 Å². The van der Waals surface area contributed by atoms with Crippen molar-refractivity contribution in [1.82, 2.24) is 10.2 Å². The lowest BCUT2D eigenvalue weighted by atomic mass is 10.2. The molecule has 0 radical (unpaired) electrons. The molecule has 0 aliphatic carbocycles. The fourth-order valence-electron chi connectivity index (χ4n) is 1.34. The first kappa shape index (κ1) is 16.8. The van der Waals surface area contributed by atoms with Gasteiger partial charge in [0, 0.05) is 38.9 Å². The summed E-state index contributed by atoms with van der Waals surface area (Å²) in [5, 5.41) is 3.39. The Morgan fingerprint density at radius 2 is 1.82 bits per heavy atom. The number of rotatable bonds is 11. The Morgan fingerprint density at radius 3 is 2.41 bits per heavy atom. The molecule has 1 unspecified atom stereocenters. The summed E-state index contributed by atoms with van der Waals surface area (Å²) in [4.78, 5) is 2.29. The van der Waals surface area contributed by atoms with E-state index in [2.05, 4.69) is 38.0 Å². The molecular weight excluding hydrogens is 216 g/mol. The average Bonchev–Trinajstić information content (AvgIpc) is 2.28. The van der Waals surface area contributed by atoms with Crippen LogP contribution in [0.5, 0.6) is 0 Å². The van der Waals surface area contributed by atoms with Gasteiger partial charge >= 0.3 is 0 Å². The topological polar surface area (TPSA) is 33.7 Å². The van der Waals surface area contributed by atoms with Crippen LogP contribution in [0.4, 0.5) is 0 Å². The van der Waals surface area contributed by atoms with E-state index < -0.39 is 0 Å². The summed E-state index contributed by atoms with van der Waals surface area (Å²) >= 11 is 0. The highest BCUT2D eigenvalue weighted by Gasteiger charge is 2.03. The Bertz CT molecular complexity index is 165. The largest absolute Gasteiger partial charge is 0.383 e. The molecule has 0 fully saturated rings. The van der Waals surface area contributed by atoms with Gasteiger partial charge in [-0.15, -0.1) is 0 Å². The molecule has 0 aliphatic heterocycles. The Kier molecular flexibility index (Phi) is 10.9. The van der Waals surface area contributed by atoms with Crippen molar-refractivity contribution in [2.24, 2.45) is 0 Å². The molecule has 0 spiro atoms. The average molecular weight is 246 g/mol. The molecule has 0 heterocycles. The molecule has 17 heavy (non-hydrogen) atoms. The smallest absolute Gasteiger partial charge is 0.0593 e. The molecule has 0 bridgehead atoms. The van der Waals surface area contributed by atoms with Crippen LogP contribution < -0.4 is 5.32 Å². The van der Waals surface area contributed by atoms with Crippen molar-refractivity contribution in [3.8, 4) is 0 Å². The molecule has 1 N–H and O–H groups in total. The van der Waals surface area contributed by atoms with Crippen molar-refractivity contribution in [3.05, 3.63) is 0 Å². The summed E-state index contributed by atoms with van der Waals surface area (Å²) in [6, 6.07) is 1.08. The Hall–Kier alpha value is -0.160. The second kappa shape index (κ2) is 11.0. The van der Waals surface area contributed by atoms with E-state index in [1.54, 1.807) is 7.11 Å². The van der Waals surface area contributed by atoms with Crippen molar-refractivity contribution in [2.75, 3.05) is 47.1 Å². The highest BCUT2D eigenvalue weighted by atomic mass is 16.5. The molecule has 0 aromatic heterocycles. The van der Waals surface area contributed by atoms with Crippen LogP contribution in [0.15, 0.2) is 0 Å². The van der Waals surface area contributed by atoms with Gasteiger partial charge in [-0.1, -0.05) is 0 Å². The van der Waals surface area contributed by atoms with Gasteiger partial charge in [0.1, 0.15) is 0 Å². The van der Waals surface area contributed by atoms with Crippen LogP contribution in [-0.2, 0) is 9.47 Å². The van der Waals surface area contributed by atoms with Crippen molar-refractivity contribution >= 4 is 0 Å². The minimum absolute atomic E-state index is 0.493. The van der Waals surface area contributed by atoms with Gasteiger partial charge in [0.05, 0.1) is 13.2 Å². The number of ether oxygens (including phenoxy) is 2. The van der Waals surface area contributed by atoms with Gasteiger partial charge in [-0.25, -0.2) is 0 Å². The SMILES string of the molecule is COCCNC(C)CCOCCN(C)C(C)C. The van der Waals surface area contributed by atoms with Gasteiger partial charge in [0.25, 0.3) is 0 Å². The van der Waals surface area contributed by atoms with Gasteiger partial charge in [-0.2, -0.15) is 0 Å². The predicted molar refractivity (Wildman–Crippen MR) is 72.5 cm³/mol. The summed E-state index contributed by atoms with van der Waals surface area (Å²) in [7, 11) is 3.85. The molecule has 0 saturated heterocycles. The second-order valence-corrected chi connectivity index (χ2v) is 4.82. The van der Waals surface area contributed by atoms with Crippen molar-refractivity contribution < 1.29 is 9.47 Å². The van der Waals surface area contributed by atoms with Gasteiger partial charge in [-0.05, 0) is 34.2 Å². The van der Waals surface area contributed by atoms with Crippen LogP contribution in [0.1, 0.15) is 27.2 Å². The van der Waals surface area contributed by atoms with Gasteiger partial charge in [0.2, 0.25) is 0 Å². The Morgan fingerprint density at radius 1 is 1.12 bits per heavy atom. The van der Waals surface area contributed by atoms with E-state index in [1.807, 2.05) is 0 Å². The van der Waals surface area contributed by atoms with E-state index in [4.69, 9.17) is 9.47 Å². The molecule has 0 saturated carbocycles. The van der Waals surface area contributed by atoms with Crippen LogP contribution in [-0.4, -0.2) is 64.1 Å². The van der Waals surface area contributed by atoms with Crippen molar-refractivity contribution in [3.63, 3.8) is 0 Å². The number of hydrogen-bond acceptors (Lipinski definition) is 4. The summed E-state index contributed by atoms with van der Waals surface area (Å²) < 4.78 is 10.6. The summed E-state index contributed by atoms with van der Waals surface area (Å²) in [6.45, 7) is 10.9. The molecule has 4 heteroatoms. The van der Waals surface area contributed by atoms with Gasteiger partial charge < -0.3 is 19.7 Å². The minimum Gasteiger partial charge on any atom is -0.383 e. The first-order valence-electron chi connectivity index (χ1n) is 6.58. The first-order chi connectivity index (χ1) is 8.07. The third kappa shape index (κ3) is 10.7. The van der Waals surface area contributed by atoms with Crippen molar-refractivity contribution in [1.29, 1.82) is 0 Å². The fourth-order valence-corrected chi connectivity index (χ4v) is 1.34. The fraction of sp³-hybridized carbons (Fsp3) is 1.00. The van der Waals surface area contributed by atoms with Crippen molar-refractivity contribution in [2.45, 2.75) is 39.3 Å². The van der Waals surface area contributed by atoms with E-state index in [-0.39, 0.29) is 0 Å². The third-order valence-corrected chi connectivity index (χ3v) is 2.96. The summed E-state index contributed by atoms with van der Waals surface area (Å²) in [5.41, 5.74) is 0. The van der Waals surface area contributed by atoms with E-state index in [9.17, 15) is 0 Å². The lowest BCUT2D eigenvalue weighted by Gasteiger charge is -2.21. The van der Waals surface area contributed by atoms with Crippen LogP contribution in [0.2, 0.25) is 0 Å². The molecular formula is C13H30N2O2. The monoisotopic (exact) mass is 246 g/mol. The number of nitrogens with zero attached hydrogens (tertiary/aromatic N) is 1. The normalized spacial score (nSPS) is 13.6. The molecule has 1 atom stereocenters. The zero-order chi connectivity index (χ0) is 13.1. The molecule has 104 valence electrons. The number of methoxy groups -OCH3 is 1. The molecule has 0 amide bonds. The maximum Gasteiger partial charge on any atom is 0.0593 e. The number of hydrogen-bond donors (Lipinski definition) is 1. The highest BCUT2D eigenvalue weighted by Crippen LogP contribution is 1.95.